The fourth-order valence-corrected chi connectivity index (χ4v) is 2.71. The third kappa shape index (κ3) is 5.61. The molecule has 0 spiro atoms. The molecule has 1 rings (SSSR count). The van der Waals surface area contributed by atoms with Crippen LogP contribution in [0.25, 0.3) is 0 Å². The van der Waals surface area contributed by atoms with E-state index < -0.39 is 0 Å². The van der Waals surface area contributed by atoms with E-state index in [1.807, 2.05) is 13.8 Å². The molecular formula is C15H27N3O. The molecule has 1 saturated heterocycles. The second-order valence-corrected chi connectivity index (χ2v) is 5.96. The van der Waals surface area contributed by atoms with Crippen LogP contribution in [-0.4, -0.2) is 36.5 Å². The maximum absolute atomic E-state index is 11.8. The lowest BCUT2D eigenvalue weighted by Crippen LogP contribution is -2.51. The van der Waals surface area contributed by atoms with Gasteiger partial charge < -0.3 is 5.32 Å². The maximum atomic E-state index is 11.8. The quantitative estimate of drug-likeness (QED) is 0.749. The second-order valence-electron chi connectivity index (χ2n) is 5.96. The molecule has 0 aromatic heterocycles. The number of nitriles is 1. The number of hydrogen-bond acceptors (Lipinski definition) is 3. The van der Waals surface area contributed by atoms with Gasteiger partial charge in [-0.1, -0.05) is 33.6 Å². The number of carbonyl (C=O) groups is 1. The summed E-state index contributed by atoms with van der Waals surface area (Å²) in [5.41, 5.74) is 0. The molecule has 0 radical (unpaired) electrons. The van der Waals surface area contributed by atoms with Gasteiger partial charge in [0.15, 0.2) is 0 Å². The maximum Gasteiger partial charge on any atom is 0.222 e. The highest BCUT2D eigenvalue weighted by atomic mass is 16.1. The van der Waals surface area contributed by atoms with Crippen LogP contribution in [0.1, 0.15) is 46.5 Å². The summed E-state index contributed by atoms with van der Waals surface area (Å²) in [6.45, 7) is 8.32. The molecule has 1 aliphatic heterocycles. The summed E-state index contributed by atoms with van der Waals surface area (Å²) in [6.07, 6.45) is 4.69. The van der Waals surface area contributed by atoms with Crippen molar-refractivity contribution in [3.8, 4) is 6.07 Å². The van der Waals surface area contributed by atoms with Crippen molar-refractivity contribution in [1.82, 2.24) is 10.2 Å². The highest BCUT2D eigenvalue weighted by Gasteiger charge is 2.28. The minimum absolute atomic E-state index is 0.0282. The first-order chi connectivity index (χ1) is 9.06. The van der Waals surface area contributed by atoms with E-state index in [1.165, 1.54) is 19.3 Å². The van der Waals surface area contributed by atoms with Crippen molar-refractivity contribution < 1.29 is 4.79 Å². The van der Waals surface area contributed by atoms with Crippen molar-refractivity contribution in [1.29, 1.82) is 5.26 Å². The van der Waals surface area contributed by atoms with Crippen LogP contribution >= 0.6 is 0 Å². The predicted molar refractivity (Wildman–Crippen MR) is 76.5 cm³/mol. The number of nitrogens with one attached hydrogen (secondary N) is 1. The third-order valence-electron chi connectivity index (χ3n) is 3.74. The van der Waals surface area contributed by atoms with E-state index in [1.54, 1.807) is 0 Å². The van der Waals surface area contributed by atoms with Gasteiger partial charge in [0.1, 0.15) is 0 Å². The molecule has 0 aromatic carbocycles. The summed E-state index contributed by atoms with van der Waals surface area (Å²) in [4.78, 5) is 14.0. The van der Waals surface area contributed by atoms with Crippen LogP contribution in [0.5, 0.6) is 0 Å². The van der Waals surface area contributed by atoms with E-state index >= 15 is 0 Å². The molecule has 2 unspecified atom stereocenters. The lowest BCUT2D eigenvalue weighted by Gasteiger charge is -2.37. The first kappa shape index (κ1) is 16.0. The number of hydrogen-bond donors (Lipinski definition) is 1. The Morgan fingerprint density at radius 3 is 2.79 bits per heavy atom. The molecule has 108 valence electrons. The zero-order valence-electron chi connectivity index (χ0n) is 12.5. The van der Waals surface area contributed by atoms with Gasteiger partial charge in [-0.2, -0.15) is 5.26 Å². The average molecular weight is 265 g/mol. The van der Waals surface area contributed by atoms with Gasteiger partial charge >= 0.3 is 0 Å². The van der Waals surface area contributed by atoms with E-state index in [2.05, 4.69) is 23.2 Å². The van der Waals surface area contributed by atoms with E-state index in [-0.39, 0.29) is 17.9 Å². The first-order valence-electron chi connectivity index (χ1n) is 7.46. The van der Waals surface area contributed by atoms with E-state index in [0.29, 0.717) is 12.5 Å². The molecule has 1 amide bonds. The zero-order valence-corrected chi connectivity index (χ0v) is 12.5. The number of amides is 1. The fourth-order valence-electron chi connectivity index (χ4n) is 2.71. The summed E-state index contributed by atoms with van der Waals surface area (Å²) in [5, 5.41) is 12.0. The van der Waals surface area contributed by atoms with Gasteiger partial charge in [-0.25, -0.2) is 0 Å². The van der Waals surface area contributed by atoms with Crippen LogP contribution in [0, 0.1) is 23.2 Å². The van der Waals surface area contributed by atoms with Crippen LogP contribution in [-0.2, 0) is 4.79 Å². The smallest absolute Gasteiger partial charge is 0.222 e. The normalized spacial score (nSPS) is 24.2. The molecule has 1 fully saturated rings. The molecule has 0 saturated carbocycles. The van der Waals surface area contributed by atoms with Gasteiger partial charge in [0.05, 0.1) is 12.6 Å². The number of likely N-dealkylation sites (tertiary alicyclic amines) is 1. The Balaban J connectivity index is 2.54. The van der Waals surface area contributed by atoms with Crippen molar-refractivity contribution in [3.63, 3.8) is 0 Å². The van der Waals surface area contributed by atoms with Crippen LogP contribution in [0.2, 0.25) is 0 Å². The van der Waals surface area contributed by atoms with Crippen molar-refractivity contribution in [2.24, 2.45) is 11.8 Å². The van der Waals surface area contributed by atoms with Gasteiger partial charge in [-0.05, 0) is 18.8 Å². The number of rotatable bonds is 6. The van der Waals surface area contributed by atoms with Crippen LogP contribution in [0.3, 0.4) is 0 Å². The Morgan fingerprint density at radius 1 is 1.47 bits per heavy atom. The highest BCUT2D eigenvalue weighted by molar-refractivity contribution is 5.78. The van der Waals surface area contributed by atoms with Crippen molar-refractivity contribution in [2.75, 3.05) is 19.6 Å². The van der Waals surface area contributed by atoms with Crippen LogP contribution in [0.15, 0.2) is 0 Å². The minimum atomic E-state index is 0.0282. The summed E-state index contributed by atoms with van der Waals surface area (Å²) in [7, 11) is 0. The summed E-state index contributed by atoms with van der Waals surface area (Å²) < 4.78 is 0. The number of carbonyl (C=O) groups excluding carboxylic acids is 1. The molecule has 1 heterocycles. The van der Waals surface area contributed by atoms with Crippen LogP contribution in [0.4, 0.5) is 0 Å². The van der Waals surface area contributed by atoms with Gasteiger partial charge in [-0.15, -0.1) is 0 Å². The van der Waals surface area contributed by atoms with Crippen molar-refractivity contribution >= 4 is 5.91 Å². The molecule has 0 bridgehead atoms. The third-order valence-corrected chi connectivity index (χ3v) is 3.74. The van der Waals surface area contributed by atoms with Gasteiger partial charge in [0, 0.05) is 25.0 Å². The lowest BCUT2D eigenvalue weighted by atomic mass is 9.89. The summed E-state index contributed by atoms with van der Waals surface area (Å²) >= 11 is 0. The summed E-state index contributed by atoms with van der Waals surface area (Å²) in [6, 6.07) is 2.43. The van der Waals surface area contributed by atoms with Crippen molar-refractivity contribution in [3.05, 3.63) is 0 Å². The number of nitrogens with zero attached hydrogens (tertiary/aromatic N) is 2. The van der Waals surface area contributed by atoms with Crippen LogP contribution < -0.4 is 5.32 Å². The highest BCUT2D eigenvalue weighted by Crippen LogP contribution is 2.22. The van der Waals surface area contributed by atoms with Gasteiger partial charge in [-0.3, -0.25) is 9.69 Å². The van der Waals surface area contributed by atoms with Crippen molar-refractivity contribution in [2.45, 2.75) is 52.5 Å². The second kappa shape index (κ2) is 8.16. The van der Waals surface area contributed by atoms with Gasteiger partial charge in [0.2, 0.25) is 5.91 Å². The Hall–Kier alpha value is -1.08. The largest absolute Gasteiger partial charge is 0.352 e. The molecule has 0 aromatic rings. The average Bonchev–Trinajstić information content (AvgIpc) is 2.36. The number of unbranched alkanes of at least 4 members (excludes halogenated alkanes) is 1. The van der Waals surface area contributed by atoms with E-state index in [9.17, 15) is 4.79 Å². The molecule has 0 aliphatic carbocycles. The number of piperidine rings is 1. The molecule has 1 N–H and O–H groups in total. The SMILES string of the molecule is CCCCC1CC(NC(=O)C(C)C)CN(CC#N)C1. The molecule has 4 nitrogen and oxygen atoms in total. The molecular weight excluding hydrogens is 238 g/mol. The molecule has 19 heavy (non-hydrogen) atoms. The Kier molecular flexibility index (Phi) is 6.86. The molecule has 2 atom stereocenters. The Bertz CT molecular complexity index is 322. The topological polar surface area (TPSA) is 56.1 Å². The molecule has 1 aliphatic rings. The van der Waals surface area contributed by atoms with E-state index in [0.717, 1.165) is 19.5 Å². The van der Waals surface area contributed by atoms with Gasteiger partial charge in [0.25, 0.3) is 0 Å². The fraction of sp³-hybridized carbons (Fsp3) is 0.867. The Morgan fingerprint density at radius 2 is 2.21 bits per heavy atom. The minimum Gasteiger partial charge on any atom is -0.352 e. The summed E-state index contributed by atoms with van der Waals surface area (Å²) in [5.74, 6) is 0.762. The Labute approximate surface area is 117 Å². The zero-order chi connectivity index (χ0) is 14.3. The molecule has 4 heteroatoms. The lowest BCUT2D eigenvalue weighted by molar-refractivity contribution is -0.125. The monoisotopic (exact) mass is 265 g/mol. The van der Waals surface area contributed by atoms with E-state index in [4.69, 9.17) is 5.26 Å². The standard InChI is InChI=1S/C15H27N3O/c1-4-5-6-13-9-14(17-15(19)12(2)3)11-18(10-13)8-7-16/h12-14H,4-6,8-11H2,1-3H3,(H,17,19). The first-order valence-corrected chi connectivity index (χ1v) is 7.46. The predicted octanol–water partition coefficient (Wildman–Crippen LogP) is 2.16.